The van der Waals surface area contributed by atoms with E-state index in [-0.39, 0.29) is 12.0 Å². The molecule has 0 amide bonds. The molecule has 0 atom stereocenters. The van der Waals surface area contributed by atoms with Gasteiger partial charge in [0.15, 0.2) is 5.78 Å². The van der Waals surface area contributed by atoms with E-state index >= 15 is 0 Å². The summed E-state index contributed by atoms with van der Waals surface area (Å²) in [6.45, 7) is 0. The predicted octanol–water partition coefficient (Wildman–Crippen LogP) is 4.23. The molecule has 0 aliphatic heterocycles. The summed E-state index contributed by atoms with van der Waals surface area (Å²) in [5.41, 5.74) is 0.985. The second-order valence-corrected chi connectivity index (χ2v) is 5.38. The number of para-hydroxylation sites is 1. The van der Waals surface area contributed by atoms with Crippen LogP contribution in [-0.4, -0.2) is 15.6 Å². The van der Waals surface area contributed by atoms with Crippen molar-refractivity contribution >= 4 is 17.4 Å². The van der Waals surface area contributed by atoms with Crippen LogP contribution < -0.4 is 0 Å². The zero-order valence-corrected chi connectivity index (χ0v) is 12.6. The third kappa shape index (κ3) is 3.29. The molecule has 23 heavy (non-hydrogen) atoms. The molecule has 0 spiro atoms. The summed E-state index contributed by atoms with van der Waals surface area (Å²) in [5.74, 6) is -1.91. The lowest BCUT2D eigenvalue weighted by atomic mass is 10.0. The fourth-order valence-electron chi connectivity index (χ4n) is 2.21. The first-order valence-electron chi connectivity index (χ1n) is 6.81. The lowest BCUT2D eigenvalue weighted by molar-refractivity contribution is 0.0988. The number of ketones is 1. The van der Waals surface area contributed by atoms with Crippen LogP contribution in [0, 0.1) is 11.6 Å². The van der Waals surface area contributed by atoms with Crippen LogP contribution in [0.5, 0.6) is 0 Å². The minimum Gasteiger partial charge on any atom is -0.294 e. The maximum absolute atomic E-state index is 13.6. The van der Waals surface area contributed by atoms with Crippen molar-refractivity contribution in [3.05, 3.63) is 82.6 Å². The van der Waals surface area contributed by atoms with E-state index in [0.29, 0.717) is 16.3 Å². The highest BCUT2D eigenvalue weighted by Gasteiger charge is 2.15. The lowest BCUT2D eigenvalue weighted by Gasteiger charge is -2.03. The normalized spacial score (nSPS) is 10.7. The van der Waals surface area contributed by atoms with Gasteiger partial charge in [-0.2, -0.15) is 5.10 Å². The summed E-state index contributed by atoms with van der Waals surface area (Å²) in [6.07, 6.45) is 3.06. The van der Waals surface area contributed by atoms with Gasteiger partial charge in [0.2, 0.25) is 0 Å². The maximum atomic E-state index is 13.6. The molecule has 0 saturated heterocycles. The van der Waals surface area contributed by atoms with Crippen LogP contribution in [0.1, 0.15) is 15.9 Å². The number of nitrogens with zero attached hydrogens (tertiary/aromatic N) is 2. The molecule has 0 radical (unpaired) electrons. The van der Waals surface area contributed by atoms with E-state index in [1.807, 2.05) is 6.07 Å². The van der Waals surface area contributed by atoms with Crippen molar-refractivity contribution in [3.8, 4) is 5.69 Å². The molecule has 0 aliphatic carbocycles. The van der Waals surface area contributed by atoms with Crippen molar-refractivity contribution < 1.29 is 13.6 Å². The molecule has 3 aromatic rings. The molecule has 3 nitrogen and oxygen atoms in total. The molecular formula is C17H11ClF2N2O. The third-order valence-electron chi connectivity index (χ3n) is 3.33. The summed E-state index contributed by atoms with van der Waals surface area (Å²) in [5, 5.41) is 4.66. The lowest BCUT2D eigenvalue weighted by Crippen LogP contribution is -2.06. The van der Waals surface area contributed by atoms with E-state index in [1.54, 1.807) is 24.4 Å². The van der Waals surface area contributed by atoms with Gasteiger partial charge in [0.1, 0.15) is 11.6 Å². The monoisotopic (exact) mass is 332 g/mol. The summed E-state index contributed by atoms with van der Waals surface area (Å²) in [4.78, 5) is 12.1. The predicted molar refractivity (Wildman–Crippen MR) is 83.0 cm³/mol. The number of carbonyl (C=O) groups is 1. The molecule has 0 N–H and O–H groups in total. The van der Waals surface area contributed by atoms with Crippen molar-refractivity contribution in [3.63, 3.8) is 0 Å². The van der Waals surface area contributed by atoms with Crippen LogP contribution >= 0.6 is 11.6 Å². The zero-order chi connectivity index (χ0) is 16.4. The standard InChI is InChI=1S/C17H11ClF2N2O/c18-14-3-1-2-4-16(14)22-10-11(9-21-22)7-17(23)13-8-12(19)5-6-15(13)20/h1-6,8-10H,7H2. The highest BCUT2D eigenvalue weighted by Crippen LogP contribution is 2.20. The van der Waals surface area contributed by atoms with Gasteiger partial charge in [-0.15, -0.1) is 0 Å². The van der Waals surface area contributed by atoms with E-state index in [0.717, 1.165) is 18.2 Å². The smallest absolute Gasteiger partial charge is 0.170 e. The van der Waals surface area contributed by atoms with Crippen molar-refractivity contribution in [2.24, 2.45) is 0 Å². The Morgan fingerprint density at radius 3 is 2.74 bits per heavy atom. The van der Waals surface area contributed by atoms with Gasteiger partial charge >= 0.3 is 0 Å². The van der Waals surface area contributed by atoms with E-state index < -0.39 is 17.4 Å². The quantitative estimate of drug-likeness (QED) is 0.670. The second-order valence-electron chi connectivity index (χ2n) is 4.97. The maximum Gasteiger partial charge on any atom is 0.170 e. The molecular weight excluding hydrogens is 322 g/mol. The molecule has 0 saturated carbocycles. The van der Waals surface area contributed by atoms with Gasteiger partial charge in [-0.05, 0) is 35.9 Å². The number of hydrogen-bond acceptors (Lipinski definition) is 2. The van der Waals surface area contributed by atoms with E-state index in [9.17, 15) is 13.6 Å². The topological polar surface area (TPSA) is 34.9 Å². The highest BCUT2D eigenvalue weighted by molar-refractivity contribution is 6.32. The Morgan fingerprint density at radius 2 is 1.96 bits per heavy atom. The van der Waals surface area contributed by atoms with Crippen LogP contribution in [0.4, 0.5) is 8.78 Å². The fourth-order valence-corrected chi connectivity index (χ4v) is 2.43. The Labute approximate surface area is 136 Å². The van der Waals surface area contributed by atoms with Crippen LogP contribution in [0.15, 0.2) is 54.9 Å². The van der Waals surface area contributed by atoms with Gasteiger partial charge in [0.25, 0.3) is 0 Å². The first kappa shape index (κ1) is 15.4. The summed E-state index contributed by atoms with van der Waals surface area (Å²) >= 11 is 6.09. The molecule has 3 rings (SSSR count). The number of hydrogen-bond donors (Lipinski definition) is 0. The number of aromatic nitrogens is 2. The van der Waals surface area contributed by atoms with Crippen LogP contribution in [0.3, 0.4) is 0 Å². The van der Waals surface area contributed by atoms with Gasteiger partial charge < -0.3 is 0 Å². The fraction of sp³-hybridized carbons (Fsp3) is 0.0588. The van der Waals surface area contributed by atoms with Gasteiger partial charge in [0.05, 0.1) is 22.5 Å². The molecule has 0 bridgehead atoms. The van der Waals surface area contributed by atoms with Crippen LogP contribution in [0.2, 0.25) is 5.02 Å². The Hall–Kier alpha value is -2.53. The molecule has 1 heterocycles. The molecule has 0 aliphatic rings. The molecule has 2 aromatic carbocycles. The summed E-state index contributed by atoms with van der Waals surface area (Å²) < 4.78 is 28.3. The molecule has 1 aromatic heterocycles. The van der Waals surface area contributed by atoms with Crippen molar-refractivity contribution in [2.45, 2.75) is 6.42 Å². The van der Waals surface area contributed by atoms with Gasteiger partial charge in [-0.1, -0.05) is 23.7 Å². The minimum absolute atomic E-state index is 0.0785. The summed E-state index contributed by atoms with van der Waals surface area (Å²) in [6, 6.07) is 9.94. The SMILES string of the molecule is O=C(Cc1cnn(-c2ccccc2Cl)c1)c1cc(F)ccc1F. The Bertz CT molecular complexity index is 877. The average molecular weight is 333 g/mol. The number of carbonyl (C=O) groups excluding carboxylic acids is 1. The first-order valence-corrected chi connectivity index (χ1v) is 7.19. The number of halogens is 3. The first-order chi connectivity index (χ1) is 11.0. The molecule has 0 fully saturated rings. The molecule has 116 valence electrons. The average Bonchev–Trinajstić information content (AvgIpc) is 2.98. The summed E-state index contributed by atoms with van der Waals surface area (Å²) in [7, 11) is 0. The van der Waals surface area contributed by atoms with Gasteiger partial charge in [-0.25, -0.2) is 13.5 Å². The Balaban J connectivity index is 1.83. The van der Waals surface area contributed by atoms with Crippen molar-refractivity contribution in [2.75, 3.05) is 0 Å². The van der Waals surface area contributed by atoms with Crippen LogP contribution in [0.25, 0.3) is 5.69 Å². The number of Topliss-reactive ketones (excluding diaryl/α,β-unsaturated/α-hetero) is 1. The number of rotatable bonds is 4. The van der Waals surface area contributed by atoms with Crippen molar-refractivity contribution in [1.29, 1.82) is 0 Å². The zero-order valence-electron chi connectivity index (χ0n) is 11.8. The van der Waals surface area contributed by atoms with Gasteiger partial charge in [-0.3, -0.25) is 4.79 Å². The van der Waals surface area contributed by atoms with Gasteiger partial charge in [0, 0.05) is 12.6 Å². The highest BCUT2D eigenvalue weighted by atomic mass is 35.5. The van der Waals surface area contributed by atoms with E-state index in [2.05, 4.69) is 5.10 Å². The molecule has 6 heteroatoms. The van der Waals surface area contributed by atoms with E-state index in [1.165, 1.54) is 10.9 Å². The number of benzene rings is 2. The largest absolute Gasteiger partial charge is 0.294 e. The van der Waals surface area contributed by atoms with E-state index in [4.69, 9.17) is 11.6 Å². The third-order valence-corrected chi connectivity index (χ3v) is 3.65. The Morgan fingerprint density at radius 1 is 1.17 bits per heavy atom. The van der Waals surface area contributed by atoms with Crippen molar-refractivity contribution in [1.82, 2.24) is 9.78 Å². The second kappa shape index (κ2) is 6.30. The molecule has 0 unspecified atom stereocenters. The van der Waals surface area contributed by atoms with Crippen LogP contribution in [-0.2, 0) is 6.42 Å². The minimum atomic E-state index is -0.741. The Kier molecular flexibility index (Phi) is 4.21.